The molecule has 1 saturated carbocycles. The van der Waals surface area contributed by atoms with Crippen molar-refractivity contribution in [2.45, 2.75) is 57.7 Å². The Kier molecular flexibility index (Phi) is 4.40. The molecule has 1 aliphatic heterocycles. The molecule has 98 valence electrons. The average molecular weight is 240 g/mol. The van der Waals surface area contributed by atoms with E-state index in [4.69, 9.17) is 4.74 Å². The number of amides is 1. The number of carbonyl (C=O) groups excluding carboxylic acids is 1. The predicted molar refractivity (Wildman–Crippen MR) is 66.8 cm³/mol. The molecule has 1 unspecified atom stereocenters. The Labute approximate surface area is 104 Å². The summed E-state index contributed by atoms with van der Waals surface area (Å²) < 4.78 is 5.58. The van der Waals surface area contributed by atoms with Crippen molar-refractivity contribution in [2.75, 3.05) is 19.7 Å². The molecule has 4 heteroatoms. The van der Waals surface area contributed by atoms with Crippen LogP contribution in [-0.2, 0) is 9.53 Å². The third kappa shape index (κ3) is 3.42. The third-order valence-corrected chi connectivity index (χ3v) is 3.82. The SMILES string of the molecule is CC(C)N1CCOC(C(=O)NC2CCCC2)C1. The Bertz CT molecular complexity index is 262. The molecule has 0 spiro atoms. The fourth-order valence-corrected chi connectivity index (χ4v) is 2.66. The summed E-state index contributed by atoms with van der Waals surface area (Å²) in [6, 6.07) is 0.876. The van der Waals surface area contributed by atoms with Crippen LogP contribution in [0.15, 0.2) is 0 Å². The van der Waals surface area contributed by atoms with Crippen LogP contribution in [0.25, 0.3) is 0 Å². The highest BCUT2D eigenvalue weighted by atomic mass is 16.5. The first-order chi connectivity index (χ1) is 8.16. The van der Waals surface area contributed by atoms with Gasteiger partial charge in [-0.05, 0) is 26.7 Å². The van der Waals surface area contributed by atoms with Gasteiger partial charge in [0, 0.05) is 25.2 Å². The first-order valence-corrected chi connectivity index (χ1v) is 6.83. The Morgan fingerprint density at radius 3 is 2.71 bits per heavy atom. The number of rotatable bonds is 3. The van der Waals surface area contributed by atoms with Crippen LogP contribution < -0.4 is 5.32 Å². The third-order valence-electron chi connectivity index (χ3n) is 3.82. The molecule has 2 aliphatic rings. The van der Waals surface area contributed by atoms with Gasteiger partial charge in [-0.3, -0.25) is 9.69 Å². The molecule has 17 heavy (non-hydrogen) atoms. The van der Waals surface area contributed by atoms with Gasteiger partial charge in [0.05, 0.1) is 6.61 Å². The van der Waals surface area contributed by atoms with E-state index >= 15 is 0 Å². The number of hydrogen-bond donors (Lipinski definition) is 1. The van der Waals surface area contributed by atoms with Gasteiger partial charge in [0.2, 0.25) is 0 Å². The van der Waals surface area contributed by atoms with E-state index in [-0.39, 0.29) is 12.0 Å². The summed E-state index contributed by atoms with van der Waals surface area (Å²) in [5, 5.41) is 3.12. The summed E-state index contributed by atoms with van der Waals surface area (Å²) in [5.74, 6) is 0.0854. The molecule has 1 amide bonds. The Hall–Kier alpha value is -0.610. The molecule has 4 nitrogen and oxygen atoms in total. The van der Waals surface area contributed by atoms with E-state index < -0.39 is 0 Å². The summed E-state index contributed by atoms with van der Waals surface area (Å²) in [6.45, 7) is 6.66. The van der Waals surface area contributed by atoms with Crippen molar-refractivity contribution in [3.8, 4) is 0 Å². The second-order valence-corrected chi connectivity index (χ2v) is 5.44. The van der Waals surface area contributed by atoms with Gasteiger partial charge < -0.3 is 10.1 Å². The van der Waals surface area contributed by atoms with Crippen LogP contribution in [0, 0.1) is 0 Å². The van der Waals surface area contributed by atoms with Gasteiger partial charge in [-0.2, -0.15) is 0 Å². The van der Waals surface area contributed by atoms with Gasteiger partial charge >= 0.3 is 0 Å². The van der Waals surface area contributed by atoms with E-state index in [0.717, 1.165) is 25.9 Å². The molecule has 2 fully saturated rings. The van der Waals surface area contributed by atoms with E-state index in [2.05, 4.69) is 24.1 Å². The maximum atomic E-state index is 12.1. The van der Waals surface area contributed by atoms with Crippen LogP contribution >= 0.6 is 0 Å². The molecule has 1 atom stereocenters. The maximum absolute atomic E-state index is 12.1. The highest BCUT2D eigenvalue weighted by Gasteiger charge is 2.29. The topological polar surface area (TPSA) is 41.6 Å². The highest BCUT2D eigenvalue weighted by molar-refractivity contribution is 5.81. The van der Waals surface area contributed by atoms with Gasteiger partial charge in [0.25, 0.3) is 5.91 Å². The molecule has 0 radical (unpaired) electrons. The predicted octanol–water partition coefficient (Wildman–Crippen LogP) is 1.15. The normalized spacial score (nSPS) is 27.6. The zero-order valence-electron chi connectivity index (χ0n) is 10.9. The fourth-order valence-electron chi connectivity index (χ4n) is 2.66. The molecule has 2 rings (SSSR count). The lowest BCUT2D eigenvalue weighted by Crippen LogP contribution is -2.53. The van der Waals surface area contributed by atoms with E-state index in [0.29, 0.717) is 18.7 Å². The summed E-state index contributed by atoms with van der Waals surface area (Å²) in [7, 11) is 0. The van der Waals surface area contributed by atoms with Gasteiger partial charge in [-0.15, -0.1) is 0 Å². The van der Waals surface area contributed by atoms with Crippen molar-refractivity contribution in [1.29, 1.82) is 0 Å². The number of ether oxygens (including phenoxy) is 1. The van der Waals surface area contributed by atoms with Crippen LogP contribution in [0.3, 0.4) is 0 Å². The van der Waals surface area contributed by atoms with Crippen molar-refractivity contribution in [2.24, 2.45) is 0 Å². The summed E-state index contributed by atoms with van der Waals surface area (Å²) in [6.07, 6.45) is 4.48. The zero-order chi connectivity index (χ0) is 12.3. The minimum atomic E-state index is -0.272. The first kappa shape index (κ1) is 12.8. The van der Waals surface area contributed by atoms with Gasteiger partial charge in [0.1, 0.15) is 6.10 Å². The maximum Gasteiger partial charge on any atom is 0.250 e. The lowest BCUT2D eigenvalue weighted by molar-refractivity contribution is -0.140. The standard InChI is InChI=1S/C13H24N2O2/c1-10(2)15-7-8-17-12(9-15)13(16)14-11-5-3-4-6-11/h10-12H,3-9H2,1-2H3,(H,14,16). The molecule has 0 bridgehead atoms. The Morgan fingerprint density at radius 2 is 2.06 bits per heavy atom. The van der Waals surface area contributed by atoms with E-state index in [9.17, 15) is 4.79 Å². The van der Waals surface area contributed by atoms with Gasteiger partial charge in [-0.25, -0.2) is 0 Å². The van der Waals surface area contributed by atoms with Crippen molar-refractivity contribution in [1.82, 2.24) is 10.2 Å². The van der Waals surface area contributed by atoms with Crippen LogP contribution in [-0.4, -0.2) is 48.7 Å². The molecular formula is C13H24N2O2. The zero-order valence-corrected chi connectivity index (χ0v) is 10.9. The second-order valence-electron chi connectivity index (χ2n) is 5.44. The number of nitrogens with one attached hydrogen (secondary N) is 1. The minimum Gasteiger partial charge on any atom is -0.366 e. The molecular weight excluding hydrogens is 216 g/mol. The van der Waals surface area contributed by atoms with E-state index in [1.54, 1.807) is 0 Å². The molecule has 1 saturated heterocycles. The Morgan fingerprint density at radius 1 is 1.35 bits per heavy atom. The first-order valence-electron chi connectivity index (χ1n) is 6.83. The summed E-state index contributed by atoms with van der Waals surface area (Å²) >= 11 is 0. The quantitative estimate of drug-likeness (QED) is 0.804. The molecule has 0 aromatic rings. The molecule has 0 aromatic heterocycles. The number of morpholine rings is 1. The minimum absolute atomic E-state index is 0.0854. The molecule has 1 aliphatic carbocycles. The van der Waals surface area contributed by atoms with E-state index in [1.165, 1.54) is 12.8 Å². The molecule has 1 N–H and O–H groups in total. The number of hydrogen-bond acceptors (Lipinski definition) is 3. The fraction of sp³-hybridized carbons (Fsp3) is 0.923. The van der Waals surface area contributed by atoms with E-state index in [1.807, 2.05) is 0 Å². The van der Waals surface area contributed by atoms with Crippen LogP contribution in [0.1, 0.15) is 39.5 Å². The van der Waals surface area contributed by atoms with Gasteiger partial charge in [0.15, 0.2) is 0 Å². The molecule has 0 aromatic carbocycles. The lowest BCUT2D eigenvalue weighted by atomic mass is 10.2. The lowest BCUT2D eigenvalue weighted by Gasteiger charge is -2.35. The monoisotopic (exact) mass is 240 g/mol. The largest absolute Gasteiger partial charge is 0.366 e. The average Bonchev–Trinajstić information content (AvgIpc) is 2.82. The van der Waals surface area contributed by atoms with Gasteiger partial charge in [-0.1, -0.05) is 12.8 Å². The highest BCUT2D eigenvalue weighted by Crippen LogP contribution is 2.18. The summed E-state index contributed by atoms with van der Waals surface area (Å²) in [4.78, 5) is 14.4. The Balaban J connectivity index is 1.81. The van der Waals surface area contributed by atoms with Crippen molar-refractivity contribution >= 4 is 5.91 Å². The van der Waals surface area contributed by atoms with Crippen LogP contribution in [0.4, 0.5) is 0 Å². The van der Waals surface area contributed by atoms with Crippen LogP contribution in [0.5, 0.6) is 0 Å². The van der Waals surface area contributed by atoms with Crippen LogP contribution in [0.2, 0.25) is 0 Å². The molecule has 1 heterocycles. The second kappa shape index (κ2) is 5.83. The van der Waals surface area contributed by atoms with Crippen molar-refractivity contribution in [3.63, 3.8) is 0 Å². The number of carbonyl (C=O) groups is 1. The summed E-state index contributed by atoms with van der Waals surface area (Å²) in [5.41, 5.74) is 0. The van der Waals surface area contributed by atoms with Crippen molar-refractivity contribution < 1.29 is 9.53 Å². The van der Waals surface area contributed by atoms with Crippen molar-refractivity contribution in [3.05, 3.63) is 0 Å². The smallest absolute Gasteiger partial charge is 0.250 e. The number of nitrogens with zero attached hydrogens (tertiary/aromatic N) is 1.